The first-order valence-electron chi connectivity index (χ1n) is 12.3. The van der Waals surface area contributed by atoms with Gasteiger partial charge in [-0.15, -0.1) is 0 Å². The molecule has 6 nitrogen and oxygen atoms in total. The Morgan fingerprint density at radius 3 is 2.14 bits per heavy atom. The molecular formula is C30H30ClN3O3. The quantitative estimate of drug-likeness (QED) is 0.312. The summed E-state index contributed by atoms with van der Waals surface area (Å²) in [5.74, 6) is 1.59. The number of ether oxygens (including phenoxy) is 2. The molecule has 5 rings (SSSR count). The van der Waals surface area contributed by atoms with Gasteiger partial charge >= 0.3 is 0 Å². The molecule has 0 unspecified atom stereocenters. The Morgan fingerprint density at radius 2 is 1.46 bits per heavy atom. The lowest BCUT2D eigenvalue weighted by Gasteiger charge is -2.36. The van der Waals surface area contributed by atoms with Crippen LogP contribution in [0.1, 0.15) is 16.1 Å². The first-order chi connectivity index (χ1) is 18.0. The molecular weight excluding hydrogens is 486 g/mol. The maximum atomic E-state index is 13.8. The highest BCUT2D eigenvalue weighted by Crippen LogP contribution is 2.33. The van der Waals surface area contributed by atoms with Crippen molar-refractivity contribution >= 4 is 23.2 Å². The van der Waals surface area contributed by atoms with Crippen molar-refractivity contribution in [3.8, 4) is 28.4 Å². The first-order valence-corrected chi connectivity index (χ1v) is 12.7. The van der Waals surface area contributed by atoms with Gasteiger partial charge in [-0.2, -0.15) is 0 Å². The number of amides is 1. The van der Waals surface area contributed by atoms with E-state index in [1.807, 2.05) is 84.6 Å². The van der Waals surface area contributed by atoms with Gasteiger partial charge in [-0.25, -0.2) is 0 Å². The van der Waals surface area contributed by atoms with Crippen LogP contribution in [0.15, 0.2) is 78.9 Å². The Balaban J connectivity index is 1.47. The monoisotopic (exact) mass is 515 g/mol. The lowest BCUT2D eigenvalue weighted by Crippen LogP contribution is -2.48. The average Bonchev–Trinajstić information content (AvgIpc) is 3.29. The third-order valence-corrected chi connectivity index (χ3v) is 7.15. The van der Waals surface area contributed by atoms with Crippen molar-refractivity contribution in [2.24, 2.45) is 0 Å². The van der Waals surface area contributed by atoms with Crippen LogP contribution < -0.4 is 14.4 Å². The van der Waals surface area contributed by atoms with Gasteiger partial charge in [-0.3, -0.25) is 4.79 Å². The second-order valence-corrected chi connectivity index (χ2v) is 9.49. The van der Waals surface area contributed by atoms with Gasteiger partial charge in [0, 0.05) is 54.3 Å². The number of anilines is 1. The molecule has 0 atom stereocenters. The Labute approximate surface area is 222 Å². The first kappa shape index (κ1) is 24.8. The minimum Gasteiger partial charge on any atom is -0.497 e. The van der Waals surface area contributed by atoms with E-state index in [9.17, 15) is 4.79 Å². The molecule has 0 saturated carbocycles. The van der Waals surface area contributed by atoms with E-state index < -0.39 is 0 Å². The SMILES string of the molecule is COc1ccc(-c2cc(C(=O)N3CCN(c4cccc(Cl)c4)CC3)c(C)n2-c2cccc(OC)c2)cc1. The van der Waals surface area contributed by atoms with Crippen LogP contribution in [0.4, 0.5) is 5.69 Å². The molecule has 1 aromatic heterocycles. The minimum atomic E-state index is 0.0413. The normalized spacial score (nSPS) is 13.5. The van der Waals surface area contributed by atoms with Crippen molar-refractivity contribution in [2.75, 3.05) is 45.3 Å². The summed E-state index contributed by atoms with van der Waals surface area (Å²) in [6.45, 7) is 4.81. The summed E-state index contributed by atoms with van der Waals surface area (Å²) in [6.07, 6.45) is 0. The molecule has 1 aliphatic rings. The van der Waals surface area contributed by atoms with Crippen molar-refractivity contribution in [1.29, 1.82) is 0 Å². The lowest BCUT2D eigenvalue weighted by molar-refractivity contribution is 0.0746. The molecule has 190 valence electrons. The third kappa shape index (κ3) is 5.02. The van der Waals surface area contributed by atoms with Crippen LogP contribution >= 0.6 is 11.6 Å². The molecule has 0 bridgehead atoms. The van der Waals surface area contributed by atoms with Crippen LogP contribution in [0.2, 0.25) is 5.02 Å². The zero-order valence-electron chi connectivity index (χ0n) is 21.3. The summed E-state index contributed by atoms with van der Waals surface area (Å²) in [4.78, 5) is 18.0. The van der Waals surface area contributed by atoms with Gasteiger partial charge in [0.25, 0.3) is 5.91 Å². The fraction of sp³-hybridized carbons (Fsp3) is 0.233. The number of piperazine rings is 1. The fourth-order valence-corrected chi connectivity index (χ4v) is 5.08. The molecule has 37 heavy (non-hydrogen) atoms. The number of hydrogen-bond donors (Lipinski definition) is 0. The Kier molecular flexibility index (Phi) is 7.10. The number of hydrogen-bond acceptors (Lipinski definition) is 4. The zero-order chi connectivity index (χ0) is 25.9. The number of benzene rings is 3. The molecule has 0 aliphatic carbocycles. The molecule has 0 N–H and O–H groups in total. The number of aromatic nitrogens is 1. The molecule has 3 aromatic carbocycles. The number of halogens is 1. The van der Waals surface area contributed by atoms with E-state index in [2.05, 4.69) is 15.5 Å². The second-order valence-electron chi connectivity index (χ2n) is 9.05. The highest BCUT2D eigenvalue weighted by Gasteiger charge is 2.27. The van der Waals surface area contributed by atoms with Crippen molar-refractivity contribution in [3.05, 3.63) is 95.1 Å². The summed E-state index contributed by atoms with van der Waals surface area (Å²) in [7, 11) is 3.31. The molecule has 1 fully saturated rings. The van der Waals surface area contributed by atoms with E-state index >= 15 is 0 Å². The molecule has 0 spiro atoms. The Hall–Kier alpha value is -3.90. The zero-order valence-corrected chi connectivity index (χ0v) is 22.0. The molecule has 0 radical (unpaired) electrons. The van der Waals surface area contributed by atoms with Crippen LogP contribution in [-0.4, -0.2) is 55.8 Å². The van der Waals surface area contributed by atoms with Crippen LogP contribution in [0.25, 0.3) is 16.9 Å². The van der Waals surface area contributed by atoms with Crippen molar-refractivity contribution in [3.63, 3.8) is 0 Å². The molecule has 1 aliphatic heterocycles. The molecule has 2 heterocycles. The summed E-state index contributed by atoms with van der Waals surface area (Å²) >= 11 is 6.19. The Bertz CT molecular complexity index is 1410. The van der Waals surface area contributed by atoms with Crippen LogP contribution in [0.5, 0.6) is 11.5 Å². The van der Waals surface area contributed by atoms with Gasteiger partial charge in [0.1, 0.15) is 11.5 Å². The van der Waals surface area contributed by atoms with E-state index in [0.717, 1.165) is 57.9 Å². The van der Waals surface area contributed by atoms with Crippen molar-refractivity contribution in [1.82, 2.24) is 9.47 Å². The highest BCUT2D eigenvalue weighted by molar-refractivity contribution is 6.30. The van der Waals surface area contributed by atoms with Crippen LogP contribution in [-0.2, 0) is 0 Å². The van der Waals surface area contributed by atoms with Gasteiger partial charge in [0.2, 0.25) is 0 Å². The van der Waals surface area contributed by atoms with E-state index in [4.69, 9.17) is 21.1 Å². The maximum Gasteiger partial charge on any atom is 0.255 e. The van der Waals surface area contributed by atoms with E-state index in [1.54, 1.807) is 14.2 Å². The predicted molar refractivity (Wildman–Crippen MR) is 149 cm³/mol. The molecule has 1 amide bonds. The van der Waals surface area contributed by atoms with Gasteiger partial charge in [0.15, 0.2) is 0 Å². The minimum absolute atomic E-state index is 0.0413. The van der Waals surface area contributed by atoms with Gasteiger partial charge in [-0.05, 0) is 73.2 Å². The van der Waals surface area contributed by atoms with Crippen LogP contribution in [0.3, 0.4) is 0 Å². The fourth-order valence-electron chi connectivity index (χ4n) is 4.89. The number of carbonyl (C=O) groups is 1. The molecule has 7 heteroatoms. The number of rotatable bonds is 6. The van der Waals surface area contributed by atoms with E-state index in [-0.39, 0.29) is 5.91 Å². The van der Waals surface area contributed by atoms with E-state index in [1.165, 1.54) is 0 Å². The number of methoxy groups -OCH3 is 2. The maximum absolute atomic E-state index is 13.8. The van der Waals surface area contributed by atoms with E-state index in [0.29, 0.717) is 18.7 Å². The summed E-state index contributed by atoms with van der Waals surface area (Å²) in [6, 6.07) is 25.7. The predicted octanol–water partition coefficient (Wildman–Crippen LogP) is 6.09. The lowest BCUT2D eigenvalue weighted by atomic mass is 10.1. The smallest absolute Gasteiger partial charge is 0.255 e. The average molecular weight is 516 g/mol. The Morgan fingerprint density at radius 1 is 0.784 bits per heavy atom. The highest BCUT2D eigenvalue weighted by atomic mass is 35.5. The summed E-state index contributed by atoms with van der Waals surface area (Å²) in [5.41, 5.74) is 5.55. The third-order valence-electron chi connectivity index (χ3n) is 6.92. The largest absolute Gasteiger partial charge is 0.497 e. The van der Waals surface area contributed by atoms with Crippen LogP contribution in [0, 0.1) is 6.92 Å². The van der Waals surface area contributed by atoms with Gasteiger partial charge < -0.3 is 23.8 Å². The summed E-state index contributed by atoms with van der Waals surface area (Å²) < 4.78 is 13.0. The van der Waals surface area contributed by atoms with Crippen molar-refractivity contribution in [2.45, 2.75) is 6.92 Å². The van der Waals surface area contributed by atoms with Crippen molar-refractivity contribution < 1.29 is 14.3 Å². The van der Waals surface area contributed by atoms with Gasteiger partial charge in [-0.1, -0.05) is 23.7 Å². The number of nitrogens with zero attached hydrogens (tertiary/aromatic N) is 3. The standard InChI is InChI=1S/C30H30ClN3O3/c1-21-28(30(35)33-16-14-32(15-17-33)24-7-4-6-23(31)18-24)20-29(22-10-12-26(36-2)13-11-22)34(21)25-8-5-9-27(19-25)37-3/h4-13,18-20H,14-17H2,1-3H3. The number of carbonyl (C=O) groups excluding carboxylic acids is 1. The van der Waals surface area contributed by atoms with Gasteiger partial charge in [0.05, 0.1) is 25.5 Å². The summed E-state index contributed by atoms with van der Waals surface area (Å²) in [5, 5.41) is 0.719. The molecule has 1 saturated heterocycles. The topological polar surface area (TPSA) is 46.9 Å². The molecule has 4 aromatic rings. The second kappa shape index (κ2) is 10.6.